The summed E-state index contributed by atoms with van der Waals surface area (Å²) >= 11 is 0. The number of primary amides is 1. The van der Waals surface area contributed by atoms with Crippen LogP contribution in [-0.4, -0.2) is 75.9 Å². The molecular weight excluding hydrogens is 344 g/mol. The molecule has 0 aromatic heterocycles. The second kappa shape index (κ2) is 10.0. The number of aliphatic hydroxyl groups is 1. The molecular formula is C16H30N4O6. The number of likely N-dealkylation sites (N-methyl/N-ethyl adjacent to an activating group) is 2. The number of rotatable bonds is 11. The summed E-state index contributed by atoms with van der Waals surface area (Å²) in [5.41, 5.74) is 4.10. The third-order valence-corrected chi connectivity index (χ3v) is 4.03. The molecule has 0 aliphatic carbocycles. The van der Waals surface area contributed by atoms with Gasteiger partial charge in [0, 0.05) is 38.3 Å². The van der Waals surface area contributed by atoms with Crippen molar-refractivity contribution >= 4 is 17.7 Å². The summed E-state index contributed by atoms with van der Waals surface area (Å²) in [6.45, 7) is 4.25. The van der Waals surface area contributed by atoms with E-state index in [1.165, 1.54) is 32.8 Å². The van der Waals surface area contributed by atoms with Crippen LogP contribution in [-0.2, 0) is 14.4 Å². The third kappa shape index (κ3) is 7.77. The van der Waals surface area contributed by atoms with Gasteiger partial charge in [0.25, 0.3) is 0 Å². The van der Waals surface area contributed by atoms with Crippen LogP contribution in [0.1, 0.15) is 46.5 Å². The first-order valence-corrected chi connectivity index (χ1v) is 8.47. The van der Waals surface area contributed by atoms with Gasteiger partial charge in [0.15, 0.2) is 0 Å². The molecule has 0 radical (unpaired) electrons. The van der Waals surface area contributed by atoms with E-state index in [1.807, 2.05) is 0 Å². The van der Waals surface area contributed by atoms with E-state index in [-0.39, 0.29) is 25.2 Å². The molecule has 0 aliphatic rings. The van der Waals surface area contributed by atoms with Gasteiger partial charge in [-0.3, -0.25) is 24.5 Å². The SMILES string of the molecule is CCCC(=O)N(C)[C@H](CC[N+](=O)[O-])C(=O)N(C)[C@@H](CC(C)(C)O)C(N)=O. The van der Waals surface area contributed by atoms with Gasteiger partial charge >= 0.3 is 0 Å². The van der Waals surface area contributed by atoms with Gasteiger partial charge in [0.05, 0.1) is 5.60 Å². The Morgan fingerprint density at radius 2 is 1.73 bits per heavy atom. The standard InChI is InChI=1S/C16H30N4O6/c1-6-7-13(21)18(4)11(8-9-20(25)26)15(23)19(5)12(14(17)22)10-16(2,3)24/h11-12,24H,6-10H2,1-5H3,(H2,17,22)/t11-,12+/m1/s1. The lowest BCUT2D eigenvalue weighted by Gasteiger charge is -2.35. The monoisotopic (exact) mass is 374 g/mol. The lowest BCUT2D eigenvalue weighted by molar-refractivity contribution is -0.481. The summed E-state index contributed by atoms with van der Waals surface area (Å²) in [5, 5.41) is 20.7. The summed E-state index contributed by atoms with van der Waals surface area (Å²) in [7, 11) is 2.74. The maximum atomic E-state index is 12.9. The fourth-order valence-electron chi connectivity index (χ4n) is 2.56. The van der Waals surface area contributed by atoms with Crippen LogP contribution in [0.2, 0.25) is 0 Å². The Labute approximate surface area is 153 Å². The fourth-order valence-corrected chi connectivity index (χ4v) is 2.56. The molecule has 3 amide bonds. The zero-order valence-electron chi connectivity index (χ0n) is 16.1. The third-order valence-electron chi connectivity index (χ3n) is 4.03. The van der Waals surface area contributed by atoms with Gasteiger partial charge in [-0.1, -0.05) is 6.92 Å². The molecule has 0 bridgehead atoms. The molecule has 0 spiro atoms. The largest absolute Gasteiger partial charge is 0.390 e. The van der Waals surface area contributed by atoms with Crippen LogP contribution < -0.4 is 5.73 Å². The predicted molar refractivity (Wildman–Crippen MR) is 94.6 cm³/mol. The van der Waals surface area contributed by atoms with Crippen molar-refractivity contribution in [1.29, 1.82) is 0 Å². The minimum atomic E-state index is -1.26. The van der Waals surface area contributed by atoms with Gasteiger partial charge in [-0.25, -0.2) is 0 Å². The molecule has 0 aliphatic heterocycles. The topological polar surface area (TPSA) is 147 Å². The average Bonchev–Trinajstić information content (AvgIpc) is 2.50. The van der Waals surface area contributed by atoms with Gasteiger partial charge in [0.1, 0.15) is 12.1 Å². The molecule has 0 saturated carbocycles. The molecule has 0 heterocycles. The van der Waals surface area contributed by atoms with E-state index in [9.17, 15) is 29.6 Å². The molecule has 10 heteroatoms. The van der Waals surface area contributed by atoms with E-state index < -0.39 is 41.0 Å². The van der Waals surface area contributed by atoms with Crippen molar-refractivity contribution in [2.75, 3.05) is 20.6 Å². The maximum absolute atomic E-state index is 12.9. The lowest BCUT2D eigenvalue weighted by atomic mass is 9.97. The van der Waals surface area contributed by atoms with Crippen molar-refractivity contribution in [2.45, 2.75) is 64.1 Å². The van der Waals surface area contributed by atoms with Gasteiger partial charge in [-0.2, -0.15) is 0 Å². The highest BCUT2D eigenvalue weighted by molar-refractivity contribution is 5.91. The zero-order valence-corrected chi connectivity index (χ0v) is 16.1. The van der Waals surface area contributed by atoms with Gasteiger partial charge < -0.3 is 20.6 Å². The van der Waals surface area contributed by atoms with Crippen molar-refractivity contribution in [2.24, 2.45) is 5.73 Å². The summed E-state index contributed by atoms with van der Waals surface area (Å²) in [6.07, 6.45) is 0.485. The van der Waals surface area contributed by atoms with E-state index in [4.69, 9.17) is 5.73 Å². The Balaban J connectivity index is 5.54. The second-order valence-electron chi connectivity index (χ2n) is 7.00. The summed E-state index contributed by atoms with van der Waals surface area (Å²) < 4.78 is 0. The van der Waals surface area contributed by atoms with Crippen molar-refractivity contribution in [3.8, 4) is 0 Å². The maximum Gasteiger partial charge on any atom is 0.246 e. The van der Waals surface area contributed by atoms with Crippen LogP contribution in [0.15, 0.2) is 0 Å². The van der Waals surface area contributed by atoms with Gasteiger partial charge in [0.2, 0.25) is 24.3 Å². The molecule has 0 fully saturated rings. The molecule has 10 nitrogen and oxygen atoms in total. The van der Waals surface area contributed by atoms with E-state index in [2.05, 4.69) is 0 Å². The molecule has 3 N–H and O–H groups in total. The van der Waals surface area contributed by atoms with E-state index in [1.54, 1.807) is 6.92 Å². The summed E-state index contributed by atoms with van der Waals surface area (Å²) in [6, 6.07) is -2.19. The van der Waals surface area contributed by atoms with Crippen LogP contribution in [0.4, 0.5) is 0 Å². The van der Waals surface area contributed by atoms with Crippen molar-refractivity contribution in [3.05, 3.63) is 10.1 Å². The van der Waals surface area contributed by atoms with E-state index in [0.29, 0.717) is 6.42 Å². The highest BCUT2D eigenvalue weighted by atomic mass is 16.6. The number of carbonyl (C=O) groups is 3. The highest BCUT2D eigenvalue weighted by Gasteiger charge is 2.36. The Kier molecular flexibility index (Phi) is 9.19. The predicted octanol–water partition coefficient (Wildman–Crippen LogP) is -0.246. The zero-order chi connectivity index (χ0) is 20.7. The van der Waals surface area contributed by atoms with Gasteiger partial charge in [-0.15, -0.1) is 0 Å². The van der Waals surface area contributed by atoms with Crippen LogP contribution in [0.25, 0.3) is 0 Å². The van der Waals surface area contributed by atoms with Crippen molar-refractivity contribution in [3.63, 3.8) is 0 Å². The smallest absolute Gasteiger partial charge is 0.246 e. The Morgan fingerprint density at radius 1 is 1.19 bits per heavy atom. The number of amides is 3. The lowest BCUT2D eigenvalue weighted by Crippen LogP contribution is -2.55. The molecule has 0 aromatic rings. The Hall–Kier alpha value is -2.23. The molecule has 150 valence electrons. The number of hydrogen-bond donors (Lipinski definition) is 2. The fraction of sp³-hybridized carbons (Fsp3) is 0.812. The molecule has 0 rings (SSSR count). The summed E-state index contributed by atoms with van der Waals surface area (Å²) in [4.78, 5) is 49.1. The van der Waals surface area contributed by atoms with Crippen LogP contribution in [0, 0.1) is 10.1 Å². The molecule has 0 aromatic carbocycles. The first-order valence-electron chi connectivity index (χ1n) is 8.47. The molecule has 2 atom stereocenters. The van der Waals surface area contributed by atoms with Crippen molar-refractivity contribution in [1.82, 2.24) is 9.80 Å². The number of carbonyl (C=O) groups excluding carboxylic acids is 3. The molecule has 0 saturated heterocycles. The quantitative estimate of drug-likeness (QED) is 0.376. The Bertz CT molecular complexity index is 531. The van der Waals surface area contributed by atoms with E-state index in [0.717, 1.165) is 4.90 Å². The minimum Gasteiger partial charge on any atom is -0.390 e. The van der Waals surface area contributed by atoms with Gasteiger partial charge in [-0.05, 0) is 20.3 Å². The number of nitrogens with zero attached hydrogens (tertiary/aromatic N) is 3. The minimum absolute atomic E-state index is 0.0981. The molecule has 0 unspecified atom stereocenters. The Morgan fingerprint density at radius 3 is 2.12 bits per heavy atom. The highest BCUT2D eigenvalue weighted by Crippen LogP contribution is 2.18. The number of nitro groups is 1. The first kappa shape index (κ1) is 23.8. The van der Waals surface area contributed by atoms with Crippen LogP contribution in [0.5, 0.6) is 0 Å². The first-order chi connectivity index (χ1) is 11.8. The van der Waals surface area contributed by atoms with Crippen molar-refractivity contribution < 1.29 is 24.4 Å². The van der Waals surface area contributed by atoms with Crippen LogP contribution >= 0.6 is 0 Å². The number of hydrogen-bond acceptors (Lipinski definition) is 6. The normalized spacial score (nSPS) is 13.6. The average molecular weight is 374 g/mol. The molecule has 26 heavy (non-hydrogen) atoms. The van der Waals surface area contributed by atoms with Crippen LogP contribution in [0.3, 0.4) is 0 Å². The summed E-state index contributed by atoms with van der Waals surface area (Å²) in [5.74, 6) is -1.76. The number of nitrogens with two attached hydrogens (primary N) is 1. The second-order valence-corrected chi connectivity index (χ2v) is 7.00. The van der Waals surface area contributed by atoms with E-state index >= 15 is 0 Å².